The van der Waals surface area contributed by atoms with Crippen LogP contribution in [0.3, 0.4) is 0 Å². The molecule has 2 heterocycles. The van der Waals surface area contributed by atoms with Crippen LogP contribution in [0.15, 0.2) is 193 Å². The Morgan fingerprint density at radius 3 is 1.69 bits per heavy atom. The van der Waals surface area contributed by atoms with Gasteiger partial charge in [-0.05, 0) is 127 Å². The van der Waals surface area contributed by atoms with E-state index in [4.69, 9.17) is 4.42 Å². The number of hydrogen-bond acceptors (Lipinski definition) is 4. The molecule has 10 rings (SSSR count). The van der Waals surface area contributed by atoms with Gasteiger partial charge in [-0.1, -0.05) is 109 Å². The van der Waals surface area contributed by atoms with Crippen molar-refractivity contribution < 1.29 is 4.42 Å². The van der Waals surface area contributed by atoms with E-state index >= 15 is 0 Å². The second kappa shape index (κ2) is 12.4. The maximum atomic E-state index is 5.98. The monoisotopic (exact) mass is 665 g/mol. The highest BCUT2D eigenvalue weighted by Crippen LogP contribution is 2.40. The van der Waals surface area contributed by atoms with Crippen LogP contribution in [-0.4, -0.2) is 9.97 Å². The first-order valence-corrected chi connectivity index (χ1v) is 17.5. The van der Waals surface area contributed by atoms with E-state index in [2.05, 4.69) is 185 Å². The SMILES string of the molecule is c1ccc2cc(-c3ccc(N(c4ccc(-c5nc6cccnc6o5)cc4)c4ccc(-c5cc6ccccc6c6ccccc56)cc4)cc3)ccc2c1. The number of anilines is 3. The zero-order chi connectivity index (χ0) is 34.4. The lowest BCUT2D eigenvalue weighted by atomic mass is 9.93. The summed E-state index contributed by atoms with van der Waals surface area (Å²) in [4.78, 5) is 11.3. The highest BCUT2D eigenvalue weighted by molar-refractivity contribution is 6.13. The molecular weight excluding hydrogens is 635 g/mol. The molecule has 0 amide bonds. The van der Waals surface area contributed by atoms with E-state index in [1.807, 2.05) is 12.1 Å². The van der Waals surface area contributed by atoms with Crippen molar-refractivity contribution in [2.24, 2.45) is 0 Å². The molecule has 0 aliphatic carbocycles. The van der Waals surface area contributed by atoms with E-state index in [1.54, 1.807) is 6.20 Å². The maximum Gasteiger partial charge on any atom is 0.247 e. The molecule has 0 N–H and O–H groups in total. The maximum absolute atomic E-state index is 5.98. The molecule has 0 saturated carbocycles. The summed E-state index contributed by atoms with van der Waals surface area (Å²) in [5.74, 6) is 0.554. The van der Waals surface area contributed by atoms with E-state index in [0.29, 0.717) is 11.6 Å². The average molecular weight is 666 g/mol. The first kappa shape index (κ1) is 29.8. The molecule has 4 heteroatoms. The highest BCUT2D eigenvalue weighted by Gasteiger charge is 2.16. The van der Waals surface area contributed by atoms with Gasteiger partial charge < -0.3 is 9.32 Å². The Labute approximate surface area is 300 Å². The average Bonchev–Trinajstić information content (AvgIpc) is 3.66. The van der Waals surface area contributed by atoms with Crippen LogP contribution in [0.4, 0.5) is 17.1 Å². The summed E-state index contributed by atoms with van der Waals surface area (Å²) in [5, 5.41) is 7.51. The van der Waals surface area contributed by atoms with E-state index in [9.17, 15) is 0 Å². The third kappa shape index (κ3) is 5.26. The Balaban J connectivity index is 1.05. The van der Waals surface area contributed by atoms with Crippen molar-refractivity contribution in [3.63, 3.8) is 0 Å². The van der Waals surface area contributed by atoms with Crippen LogP contribution in [0.2, 0.25) is 0 Å². The topological polar surface area (TPSA) is 42.2 Å². The molecule has 52 heavy (non-hydrogen) atoms. The third-order valence-corrected chi connectivity index (χ3v) is 9.95. The molecular formula is C48H31N3O. The van der Waals surface area contributed by atoms with Crippen molar-refractivity contribution in [3.05, 3.63) is 188 Å². The van der Waals surface area contributed by atoms with E-state index in [1.165, 1.54) is 54.6 Å². The zero-order valence-corrected chi connectivity index (χ0v) is 28.1. The van der Waals surface area contributed by atoms with Crippen LogP contribution in [0.1, 0.15) is 0 Å². The number of aromatic nitrogens is 2. The Bertz CT molecular complexity index is 2860. The molecule has 244 valence electrons. The van der Waals surface area contributed by atoms with E-state index < -0.39 is 0 Å². The van der Waals surface area contributed by atoms with Crippen molar-refractivity contribution in [2.45, 2.75) is 0 Å². The van der Waals surface area contributed by atoms with Gasteiger partial charge >= 0.3 is 0 Å². The standard InChI is InChI=1S/C48H31N3O/c1-2-9-36-30-37(16-15-32(36)8-1)33-17-23-39(24-18-33)51(41-27-21-35(22-28-41)47-50-46-14-7-29-49-48(46)52-47)40-25-19-34(20-26-40)45-31-38-10-3-4-11-42(38)43-12-5-6-13-44(43)45/h1-31H. The molecule has 4 nitrogen and oxygen atoms in total. The summed E-state index contributed by atoms with van der Waals surface area (Å²) >= 11 is 0. The Hall–Kier alpha value is -7.04. The third-order valence-electron chi connectivity index (χ3n) is 9.95. The van der Waals surface area contributed by atoms with Gasteiger partial charge in [-0.25, -0.2) is 9.97 Å². The molecule has 0 atom stereocenters. The Morgan fingerprint density at radius 1 is 0.404 bits per heavy atom. The minimum Gasteiger partial charge on any atom is -0.418 e. The molecule has 0 saturated heterocycles. The fourth-order valence-electron chi connectivity index (χ4n) is 7.35. The molecule has 0 unspecified atom stereocenters. The number of rotatable bonds is 6. The number of fused-ring (bicyclic) bond motifs is 5. The fraction of sp³-hybridized carbons (Fsp3) is 0. The van der Waals surface area contributed by atoms with Crippen molar-refractivity contribution in [2.75, 3.05) is 4.90 Å². The zero-order valence-electron chi connectivity index (χ0n) is 28.1. The first-order valence-electron chi connectivity index (χ1n) is 17.5. The summed E-state index contributed by atoms with van der Waals surface area (Å²) in [6.45, 7) is 0. The highest BCUT2D eigenvalue weighted by atomic mass is 16.4. The lowest BCUT2D eigenvalue weighted by Gasteiger charge is -2.26. The Morgan fingerprint density at radius 2 is 0.981 bits per heavy atom. The van der Waals surface area contributed by atoms with Crippen LogP contribution in [-0.2, 0) is 0 Å². The second-order valence-electron chi connectivity index (χ2n) is 13.1. The first-order chi connectivity index (χ1) is 25.7. The molecule has 10 aromatic rings. The number of nitrogens with zero attached hydrogens (tertiary/aromatic N) is 3. The van der Waals surface area contributed by atoms with Gasteiger partial charge in [-0.2, -0.15) is 0 Å². The largest absolute Gasteiger partial charge is 0.418 e. The summed E-state index contributed by atoms with van der Waals surface area (Å²) < 4.78 is 5.98. The van der Waals surface area contributed by atoms with Crippen LogP contribution < -0.4 is 4.90 Å². The van der Waals surface area contributed by atoms with Crippen LogP contribution in [0, 0.1) is 0 Å². The van der Waals surface area contributed by atoms with E-state index in [0.717, 1.165) is 28.1 Å². The summed E-state index contributed by atoms with van der Waals surface area (Å²) in [6.07, 6.45) is 1.72. The number of oxazole rings is 1. The normalized spacial score (nSPS) is 11.5. The van der Waals surface area contributed by atoms with Gasteiger partial charge in [0.15, 0.2) is 0 Å². The number of pyridine rings is 1. The molecule has 0 spiro atoms. The summed E-state index contributed by atoms with van der Waals surface area (Å²) in [7, 11) is 0. The van der Waals surface area contributed by atoms with Gasteiger partial charge in [0.2, 0.25) is 11.6 Å². The van der Waals surface area contributed by atoms with Crippen LogP contribution >= 0.6 is 0 Å². The molecule has 8 aromatic carbocycles. The van der Waals surface area contributed by atoms with Crippen LogP contribution in [0.5, 0.6) is 0 Å². The van der Waals surface area contributed by atoms with Crippen LogP contribution in [0.25, 0.3) is 77.3 Å². The van der Waals surface area contributed by atoms with Crippen molar-refractivity contribution in [1.29, 1.82) is 0 Å². The second-order valence-corrected chi connectivity index (χ2v) is 13.1. The van der Waals surface area contributed by atoms with Gasteiger partial charge in [0, 0.05) is 28.8 Å². The van der Waals surface area contributed by atoms with Crippen molar-refractivity contribution in [3.8, 4) is 33.7 Å². The molecule has 2 aromatic heterocycles. The predicted molar refractivity (Wildman–Crippen MR) is 215 cm³/mol. The fourth-order valence-corrected chi connectivity index (χ4v) is 7.35. The minimum atomic E-state index is 0.536. The molecule has 0 bridgehead atoms. The molecule has 0 radical (unpaired) electrons. The van der Waals surface area contributed by atoms with E-state index in [-0.39, 0.29) is 0 Å². The molecule has 0 aliphatic heterocycles. The number of benzene rings is 8. The van der Waals surface area contributed by atoms with Gasteiger partial charge in [0.1, 0.15) is 5.52 Å². The Kier molecular flexibility index (Phi) is 7.10. The minimum absolute atomic E-state index is 0.536. The quantitative estimate of drug-likeness (QED) is 0.166. The predicted octanol–water partition coefficient (Wildman–Crippen LogP) is 13.2. The van der Waals surface area contributed by atoms with Gasteiger partial charge in [-0.3, -0.25) is 0 Å². The molecule has 0 aliphatic rings. The number of hydrogen-bond donors (Lipinski definition) is 0. The smallest absolute Gasteiger partial charge is 0.247 e. The van der Waals surface area contributed by atoms with Gasteiger partial charge in [0.25, 0.3) is 0 Å². The van der Waals surface area contributed by atoms with Crippen molar-refractivity contribution in [1.82, 2.24) is 9.97 Å². The van der Waals surface area contributed by atoms with Gasteiger partial charge in [-0.15, -0.1) is 0 Å². The van der Waals surface area contributed by atoms with Crippen molar-refractivity contribution >= 4 is 60.6 Å². The van der Waals surface area contributed by atoms with Gasteiger partial charge in [0.05, 0.1) is 0 Å². The lowest BCUT2D eigenvalue weighted by Crippen LogP contribution is -2.09. The lowest BCUT2D eigenvalue weighted by molar-refractivity contribution is 0.608. The summed E-state index contributed by atoms with van der Waals surface area (Å²) in [6, 6.07) is 64.7. The summed E-state index contributed by atoms with van der Waals surface area (Å²) in [5.41, 5.74) is 10.1. The molecule has 0 fully saturated rings.